The molecule has 0 aromatic heterocycles. The first-order valence-electron chi connectivity index (χ1n) is 6.56. The van der Waals surface area contributed by atoms with Gasteiger partial charge in [-0.1, -0.05) is 42.0 Å². The van der Waals surface area contributed by atoms with Crippen LogP contribution in [0.4, 0.5) is 0 Å². The number of carbonyl (C=O) groups is 2. The zero-order valence-corrected chi connectivity index (χ0v) is 11.4. The van der Waals surface area contributed by atoms with Crippen LogP contribution in [-0.2, 0) is 9.59 Å². The minimum absolute atomic E-state index is 0.0234. The average molecular weight is 257 g/mol. The molecule has 1 aromatic rings. The smallest absolute Gasteiger partial charge is 0.229 e. The summed E-state index contributed by atoms with van der Waals surface area (Å²) in [6, 6.07) is 9.95. The van der Waals surface area contributed by atoms with Gasteiger partial charge in [-0.3, -0.25) is 9.59 Å². The highest BCUT2D eigenvalue weighted by Crippen LogP contribution is 2.30. The van der Waals surface area contributed by atoms with Gasteiger partial charge in [0.25, 0.3) is 0 Å². The van der Waals surface area contributed by atoms with E-state index < -0.39 is 0 Å². The maximum Gasteiger partial charge on any atom is 0.229 e. The van der Waals surface area contributed by atoms with Crippen LogP contribution < -0.4 is 0 Å². The number of benzene rings is 1. The monoisotopic (exact) mass is 257 g/mol. The zero-order valence-electron chi connectivity index (χ0n) is 11.4. The predicted octanol–water partition coefficient (Wildman–Crippen LogP) is 2.53. The number of rotatable bonds is 2. The van der Waals surface area contributed by atoms with Crippen molar-refractivity contribution in [2.24, 2.45) is 5.92 Å². The first kappa shape index (κ1) is 13.5. The van der Waals surface area contributed by atoms with Crippen molar-refractivity contribution in [2.45, 2.75) is 19.3 Å². The third kappa shape index (κ3) is 3.31. The van der Waals surface area contributed by atoms with Gasteiger partial charge in [-0.15, -0.1) is 0 Å². The van der Waals surface area contributed by atoms with Crippen LogP contribution >= 0.6 is 0 Å². The average Bonchev–Trinajstić information content (AvgIpc) is 2.41. The Morgan fingerprint density at radius 2 is 1.89 bits per heavy atom. The van der Waals surface area contributed by atoms with Crippen molar-refractivity contribution >= 4 is 17.8 Å². The van der Waals surface area contributed by atoms with Gasteiger partial charge in [0.1, 0.15) is 5.78 Å². The van der Waals surface area contributed by atoms with Crippen LogP contribution in [0.15, 0.2) is 35.9 Å². The molecule has 100 valence electrons. The van der Waals surface area contributed by atoms with Crippen LogP contribution in [0.5, 0.6) is 0 Å². The third-order valence-electron chi connectivity index (χ3n) is 3.46. The molecule has 1 aliphatic rings. The van der Waals surface area contributed by atoms with Crippen LogP contribution in [0.3, 0.4) is 0 Å². The molecule has 0 spiro atoms. The largest absolute Gasteiger partial charge is 0.348 e. The molecule has 2 rings (SSSR count). The highest BCUT2D eigenvalue weighted by Gasteiger charge is 2.30. The Labute approximate surface area is 113 Å². The Bertz CT molecular complexity index is 503. The van der Waals surface area contributed by atoms with E-state index in [0.717, 1.165) is 11.1 Å². The van der Waals surface area contributed by atoms with Crippen molar-refractivity contribution in [3.05, 3.63) is 41.5 Å². The molecule has 0 aliphatic heterocycles. The molecule has 3 heteroatoms. The molecule has 0 unspecified atom stereocenters. The Morgan fingerprint density at radius 3 is 2.53 bits per heavy atom. The molecular formula is C16H19NO2. The number of Topliss-reactive ketones (excluding diaryl/α,β-unsaturated/α-hetero) is 1. The van der Waals surface area contributed by atoms with E-state index >= 15 is 0 Å². The topological polar surface area (TPSA) is 37.4 Å². The second kappa shape index (κ2) is 5.83. The first-order valence-corrected chi connectivity index (χ1v) is 6.56. The maximum absolute atomic E-state index is 12.2. The lowest BCUT2D eigenvalue weighted by Crippen LogP contribution is -2.34. The van der Waals surface area contributed by atoms with Crippen molar-refractivity contribution in [1.29, 1.82) is 0 Å². The first-order chi connectivity index (χ1) is 9.08. The Balaban J connectivity index is 2.28. The minimum atomic E-state index is -0.281. The van der Waals surface area contributed by atoms with Crippen LogP contribution in [0.2, 0.25) is 0 Å². The molecule has 0 N–H and O–H groups in total. The normalized spacial score (nSPS) is 21.5. The maximum atomic E-state index is 12.2. The summed E-state index contributed by atoms with van der Waals surface area (Å²) in [6.45, 7) is 0. The molecule has 3 nitrogen and oxygen atoms in total. The van der Waals surface area contributed by atoms with Crippen LogP contribution in [-0.4, -0.2) is 30.7 Å². The zero-order chi connectivity index (χ0) is 13.8. The summed E-state index contributed by atoms with van der Waals surface area (Å²) >= 11 is 0. The second-order valence-electron chi connectivity index (χ2n) is 5.16. The molecule has 0 heterocycles. The van der Waals surface area contributed by atoms with E-state index in [1.54, 1.807) is 19.0 Å². The quantitative estimate of drug-likeness (QED) is 0.816. The predicted molar refractivity (Wildman–Crippen MR) is 75.5 cm³/mol. The SMILES string of the molecule is CN(C)C(=O)[C@H]1CC(=O)CC/C1=C\c1ccccc1. The lowest BCUT2D eigenvalue weighted by molar-refractivity contribution is -0.135. The van der Waals surface area contributed by atoms with E-state index in [4.69, 9.17) is 0 Å². The van der Waals surface area contributed by atoms with Gasteiger partial charge in [0, 0.05) is 26.9 Å². The van der Waals surface area contributed by atoms with Gasteiger partial charge in [-0.25, -0.2) is 0 Å². The number of nitrogens with zero attached hydrogens (tertiary/aromatic N) is 1. The van der Waals surface area contributed by atoms with Gasteiger partial charge < -0.3 is 4.90 Å². The molecule has 1 amide bonds. The van der Waals surface area contributed by atoms with Gasteiger partial charge in [0.05, 0.1) is 5.92 Å². The molecule has 1 fully saturated rings. The summed E-state index contributed by atoms with van der Waals surface area (Å²) in [5.74, 6) is -0.0721. The fourth-order valence-electron chi connectivity index (χ4n) is 2.41. The van der Waals surface area contributed by atoms with Crippen LogP contribution in [0.25, 0.3) is 6.08 Å². The summed E-state index contributed by atoms with van der Waals surface area (Å²) < 4.78 is 0. The van der Waals surface area contributed by atoms with Gasteiger partial charge in [-0.05, 0) is 12.0 Å². The van der Waals surface area contributed by atoms with Crippen molar-refractivity contribution in [1.82, 2.24) is 4.90 Å². The lowest BCUT2D eigenvalue weighted by atomic mass is 9.81. The molecule has 1 aromatic carbocycles. The number of hydrogen-bond acceptors (Lipinski definition) is 2. The van der Waals surface area contributed by atoms with Crippen molar-refractivity contribution in [3.63, 3.8) is 0 Å². The fourth-order valence-corrected chi connectivity index (χ4v) is 2.41. The van der Waals surface area contributed by atoms with E-state index in [1.807, 2.05) is 30.3 Å². The van der Waals surface area contributed by atoms with E-state index in [0.29, 0.717) is 19.3 Å². The number of carbonyl (C=O) groups excluding carboxylic acids is 2. The minimum Gasteiger partial charge on any atom is -0.348 e. The number of ketones is 1. The Kier molecular flexibility index (Phi) is 4.15. The summed E-state index contributed by atoms with van der Waals surface area (Å²) in [5.41, 5.74) is 2.16. The Hall–Kier alpha value is -1.90. The van der Waals surface area contributed by atoms with E-state index in [-0.39, 0.29) is 17.6 Å². The van der Waals surface area contributed by atoms with Crippen molar-refractivity contribution in [2.75, 3.05) is 14.1 Å². The van der Waals surface area contributed by atoms with Gasteiger partial charge >= 0.3 is 0 Å². The van der Waals surface area contributed by atoms with Gasteiger partial charge in [0.15, 0.2) is 0 Å². The highest BCUT2D eigenvalue weighted by molar-refractivity contribution is 5.91. The molecule has 1 atom stereocenters. The summed E-state index contributed by atoms with van der Waals surface area (Å²) in [5, 5.41) is 0. The molecule has 0 saturated heterocycles. The number of hydrogen-bond donors (Lipinski definition) is 0. The third-order valence-corrected chi connectivity index (χ3v) is 3.46. The number of amides is 1. The van der Waals surface area contributed by atoms with Crippen LogP contribution in [0.1, 0.15) is 24.8 Å². The van der Waals surface area contributed by atoms with Crippen molar-refractivity contribution < 1.29 is 9.59 Å². The van der Waals surface area contributed by atoms with E-state index in [2.05, 4.69) is 6.08 Å². The second-order valence-corrected chi connectivity index (χ2v) is 5.16. The fraction of sp³-hybridized carbons (Fsp3) is 0.375. The molecule has 0 radical (unpaired) electrons. The summed E-state index contributed by atoms with van der Waals surface area (Å²) in [7, 11) is 3.48. The Morgan fingerprint density at radius 1 is 1.21 bits per heavy atom. The van der Waals surface area contributed by atoms with Gasteiger partial charge in [-0.2, -0.15) is 0 Å². The molecule has 0 bridgehead atoms. The van der Waals surface area contributed by atoms with E-state index in [9.17, 15) is 9.59 Å². The van der Waals surface area contributed by atoms with Crippen molar-refractivity contribution in [3.8, 4) is 0 Å². The van der Waals surface area contributed by atoms with Gasteiger partial charge in [0.2, 0.25) is 5.91 Å². The summed E-state index contributed by atoms with van der Waals surface area (Å²) in [6.07, 6.45) is 3.64. The van der Waals surface area contributed by atoms with E-state index in [1.165, 1.54) is 0 Å². The molecule has 1 aliphatic carbocycles. The standard InChI is InChI=1S/C16H19NO2/c1-17(2)16(19)15-11-14(18)9-8-13(15)10-12-6-4-3-5-7-12/h3-7,10,15H,8-9,11H2,1-2H3/b13-10+/t15-/m0/s1. The molecule has 19 heavy (non-hydrogen) atoms. The van der Waals surface area contributed by atoms with Crippen LogP contribution in [0, 0.1) is 5.92 Å². The summed E-state index contributed by atoms with van der Waals surface area (Å²) in [4.78, 5) is 25.3. The molecule has 1 saturated carbocycles. The lowest BCUT2D eigenvalue weighted by Gasteiger charge is -2.26. The highest BCUT2D eigenvalue weighted by atomic mass is 16.2. The molecular weight excluding hydrogens is 238 g/mol.